The summed E-state index contributed by atoms with van der Waals surface area (Å²) in [5, 5.41) is 0. The topological polar surface area (TPSA) is 61.7 Å². The molecule has 0 unspecified atom stereocenters. The van der Waals surface area contributed by atoms with Crippen LogP contribution in [-0.2, 0) is 11.4 Å². The zero-order valence-electron chi connectivity index (χ0n) is 15.9. The van der Waals surface area contributed by atoms with Crippen molar-refractivity contribution < 1.29 is 19.1 Å². The number of amides is 1. The average molecular weight is 378 g/mol. The molecule has 6 nitrogen and oxygen atoms in total. The van der Waals surface area contributed by atoms with Gasteiger partial charge in [0.05, 0.1) is 12.2 Å². The molecule has 3 aromatic rings. The summed E-state index contributed by atoms with van der Waals surface area (Å²) in [6.45, 7) is 5.28. The second-order valence-corrected chi connectivity index (χ2v) is 6.65. The number of carbonyl (C=O) groups excluding carboxylic acids is 1. The van der Waals surface area contributed by atoms with E-state index in [9.17, 15) is 4.79 Å². The number of nitrogens with one attached hydrogen (secondary N) is 1. The molecule has 0 radical (unpaired) electrons. The van der Waals surface area contributed by atoms with Gasteiger partial charge >= 0.3 is 0 Å². The molecule has 1 amide bonds. The van der Waals surface area contributed by atoms with Crippen LogP contribution < -0.4 is 15.0 Å². The molecule has 0 fully saturated rings. The second-order valence-electron chi connectivity index (χ2n) is 6.65. The highest BCUT2D eigenvalue weighted by Gasteiger charge is 2.19. The Bertz CT molecular complexity index is 995. The Morgan fingerprint density at radius 2 is 1.79 bits per heavy atom. The molecule has 1 aliphatic rings. The maximum atomic E-state index is 12.6. The summed E-state index contributed by atoms with van der Waals surface area (Å²) in [6.07, 6.45) is 0. The summed E-state index contributed by atoms with van der Waals surface area (Å²) in [5.41, 5.74) is 6.79. The lowest BCUT2D eigenvalue weighted by Crippen LogP contribution is -2.24. The van der Waals surface area contributed by atoms with E-state index in [1.54, 1.807) is 0 Å². The first-order valence-corrected chi connectivity index (χ1v) is 9.18. The third-order valence-electron chi connectivity index (χ3n) is 4.71. The zero-order valence-corrected chi connectivity index (χ0v) is 15.9. The van der Waals surface area contributed by atoms with Crippen molar-refractivity contribution in [3.63, 3.8) is 0 Å². The molecule has 0 saturated carbocycles. The van der Waals surface area contributed by atoms with Crippen molar-refractivity contribution in [3.05, 3.63) is 77.1 Å². The van der Waals surface area contributed by atoms with E-state index in [1.165, 1.54) is 0 Å². The van der Waals surface area contributed by atoms with E-state index in [0.29, 0.717) is 31.1 Å². The number of carbonyl (C=O) groups is 1. The molecule has 0 aliphatic carbocycles. The van der Waals surface area contributed by atoms with Crippen molar-refractivity contribution in [3.8, 4) is 17.2 Å². The number of aryl methyl sites for hydroxylation is 1. The number of hydrogen-bond donors (Lipinski definition) is 1. The summed E-state index contributed by atoms with van der Waals surface area (Å²) in [7, 11) is 0. The SMILES string of the molecule is Cc1cc(C(=O)NOCc2ccccc2)c(C)n1-c1ccc2c(c1)OCCO2. The monoisotopic (exact) mass is 378 g/mol. The average Bonchev–Trinajstić information content (AvgIpc) is 3.02. The van der Waals surface area contributed by atoms with Crippen LogP contribution in [0.4, 0.5) is 0 Å². The molecular weight excluding hydrogens is 356 g/mol. The molecule has 4 rings (SSSR count). The molecule has 28 heavy (non-hydrogen) atoms. The van der Waals surface area contributed by atoms with Crippen LogP contribution in [0.2, 0.25) is 0 Å². The van der Waals surface area contributed by atoms with Crippen LogP contribution >= 0.6 is 0 Å². The van der Waals surface area contributed by atoms with Crippen molar-refractivity contribution in [2.45, 2.75) is 20.5 Å². The number of aromatic nitrogens is 1. The van der Waals surface area contributed by atoms with Crippen LogP contribution in [-0.4, -0.2) is 23.7 Å². The van der Waals surface area contributed by atoms with Crippen molar-refractivity contribution >= 4 is 5.91 Å². The van der Waals surface area contributed by atoms with Gasteiger partial charge in [0.15, 0.2) is 11.5 Å². The standard InChI is InChI=1S/C22H22N2O4/c1-15-12-19(22(25)23-28-14-17-6-4-3-5-7-17)16(2)24(15)18-8-9-20-21(13-18)27-11-10-26-20/h3-9,12-13H,10-11,14H2,1-2H3,(H,23,25). The minimum atomic E-state index is -0.271. The Morgan fingerprint density at radius 1 is 1.04 bits per heavy atom. The Hall–Kier alpha value is -3.25. The summed E-state index contributed by atoms with van der Waals surface area (Å²) in [6, 6.07) is 17.3. The van der Waals surface area contributed by atoms with Crippen molar-refractivity contribution in [1.29, 1.82) is 0 Å². The summed E-state index contributed by atoms with van der Waals surface area (Å²) in [5.74, 6) is 1.19. The number of hydrogen-bond acceptors (Lipinski definition) is 4. The van der Waals surface area contributed by atoms with Crippen LogP contribution in [0, 0.1) is 13.8 Å². The number of ether oxygens (including phenoxy) is 2. The summed E-state index contributed by atoms with van der Waals surface area (Å²) >= 11 is 0. The number of fused-ring (bicyclic) bond motifs is 1. The lowest BCUT2D eigenvalue weighted by Gasteiger charge is -2.20. The van der Waals surface area contributed by atoms with E-state index in [1.807, 2.05) is 73.0 Å². The molecule has 1 N–H and O–H groups in total. The minimum Gasteiger partial charge on any atom is -0.486 e. The Morgan fingerprint density at radius 3 is 2.57 bits per heavy atom. The van der Waals surface area contributed by atoms with Crippen molar-refractivity contribution in [1.82, 2.24) is 10.0 Å². The van der Waals surface area contributed by atoms with Gasteiger partial charge < -0.3 is 14.0 Å². The van der Waals surface area contributed by atoms with Crippen LogP contribution in [0.15, 0.2) is 54.6 Å². The van der Waals surface area contributed by atoms with Gasteiger partial charge in [-0.1, -0.05) is 30.3 Å². The summed E-state index contributed by atoms with van der Waals surface area (Å²) < 4.78 is 13.3. The van der Waals surface area contributed by atoms with E-state index < -0.39 is 0 Å². The van der Waals surface area contributed by atoms with Gasteiger partial charge in [-0.2, -0.15) is 0 Å². The molecule has 1 aromatic heterocycles. The highest BCUT2D eigenvalue weighted by molar-refractivity contribution is 5.95. The molecule has 6 heteroatoms. The Balaban J connectivity index is 1.51. The number of hydroxylamine groups is 1. The zero-order chi connectivity index (χ0) is 19.5. The largest absolute Gasteiger partial charge is 0.486 e. The fraction of sp³-hybridized carbons (Fsp3) is 0.227. The lowest BCUT2D eigenvalue weighted by atomic mass is 10.2. The normalized spacial score (nSPS) is 12.6. The second kappa shape index (κ2) is 7.78. The van der Waals surface area contributed by atoms with Gasteiger partial charge in [0.2, 0.25) is 0 Å². The van der Waals surface area contributed by atoms with Gasteiger partial charge in [-0.15, -0.1) is 0 Å². The van der Waals surface area contributed by atoms with Crippen LogP contribution in [0.5, 0.6) is 11.5 Å². The third-order valence-corrected chi connectivity index (χ3v) is 4.71. The predicted octanol–water partition coefficient (Wildman–Crippen LogP) is 3.73. The molecule has 0 saturated heterocycles. The quantitative estimate of drug-likeness (QED) is 0.688. The third kappa shape index (κ3) is 3.59. The maximum Gasteiger partial charge on any atom is 0.276 e. The lowest BCUT2D eigenvalue weighted by molar-refractivity contribution is 0.0233. The van der Waals surface area contributed by atoms with Gasteiger partial charge in [-0.25, -0.2) is 5.48 Å². The Kier molecular flexibility index (Phi) is 5.04. The number of nitrogens with zero attached hydrogens (tertiary/aromatic N) is 1. The first kappa shape index (κ1) is 18.1. The van der Waals surface area contributed by atoms with Gasteiger partial charge in [0, 0.05) is 23.1 Å². The molecule has 144 valence electrons. The summed E-state index contributed by atoms with van der Waals surface area (Å²) in [4.78, 5) is 18.0. The highest BCUT2D eigenvalue weighted by atomic mass is 16.6. The molecule has 2 heterocycles. The van der Waals surface area contributed by atoms with E-state index in [-0.39, 0.29) is 5.91 Å². The maximum absolute atomic E-state index is 12.6. The van der Waals surface area contributed by atoms with Crippen molar-refractivity contribution in [2.24, 2.45) is 0 Å². The van der Waals surface area contributed by atoms with Gasteiger partial charge in [0.25, 0.3) is 5.91 Å². The van der Waals surface area contributed by atoms with E-state index in [4.69, 9.17) is 14.3 Å². The fourth-order valence-electron chi connectivity index (χ4n) is 3.38. The van der Waals surface area contributed by atoms with E-state index in [2.05, 4.69) is 5.48 Å². The molecule has 0 atom stereocenters. The first-order valence-electron chi connectivity index (χ1n) is 9.18. The van der Waals surface area contributed by atoms with E-state index in [0.717, 1.165) is 28.4 Å². The molecular formula is C22H22N2O4. The number of rotatable bonds is 5. The highest BCUT2D eigenvalue weighted by Crippen LogP contribution is 2.33. The van der Waals surface area contributed by atoms with E-state index >= 15 is 0 Å². The van der Waals surface area contributed by atoms with Gasteiger partial charge in [0.1, 0.15) is 13.2 Å². The van der Waals surface area contributed by atoms with Gasteiger partial charge in [-0.3, -0.25) is 9.63 Å². The van der Waals surface area contributed by atoms with Crippen LogP contribution in [0.1, 0.15) is 27.3 Å². The predicted molar refractivity (Wildman–Crippen MR) is 105 cm³/mol. The molecule has 0 bridgehead atoms. The van der Waals surface area contributed by atoms with Crippen LogP contribution in [0.3, 0.4) is 0 Å². The smallest absolute Gasteiger partial charge is 0.276 e. The first-order chi connectivity index (χ1) is 13.6. The van der Waals surface area contributed by atoms with Crippen LogP contribution in [0.25, 0.3) is 5.69 Å². The molecule has 2 aromatic carbocycles. The van der Waals surface area contributed by atoms with Crippen molar-refractivity contribution in [2.75, 3.05) is 13.2 Å². The Labute approximate surface area is 163 Å². The molecule has 1 aliphatic heterocycles. The van der Waals surface area contributed by atoms with Gasteiger partial charge in [-0.05, 0) is 37.6 Å². The number of benzene rings is 2. The minimum absolute atomic E-state index is 0.271. The molecule has 0 spiro atoms. The fourth-order valence-corrected chi connectivity index (χ4v) is 3.38.